The van der Waals surface area contributed by atoms with Gasteiger partial charge in [-0.1, -0.05) is 54.1 Å². The number of methoxy groups -OCH3 is 1. The Kier molecular flexibility index (Phi) is 6.06. The van der Waals surface area contributed by atoms with Crippen LogP contribution in [0.25, 0.3) is 10.2 Å². The van der Waals surface area contributed by atoms with Crippen LogP contribution >= 0.6 is 22.9 Å². The highest BCUT2D eigenvalue weighted by Crippen LogP contribution is 2.39. The number of ether oxygens (including phenoxy) is 1. The first-order chi connectivity index (χ1) is 14.6. The van der Waals surface area contributed by atoms with E-state index < -0.39 is 0 Å². The van der Waals surface area contributed by atoms with E-state index in [1.54, 1.807) is 36.5 Å². The number of carbonyl (C=O) groups excluding carboxylic acids is 1. The number of aryl methyl sites for hydroxylation is 1. The number of rotatable bonds is 7. The molecule has 0 aliphatic carbocycles. The first kappa shape index (κ1) is 20.4. The lowest BCUT2D eigenvalue weighted by Crippen LogP contribution is -2.31. The summed E-state index contributed by atoms with van der Waals surface area (Å²) in [5.74, 6) is 1.24. The van der Waals surface area contributed by atoms with Gasteiger partial charge in [0.05, 0.1) is 36.1 Å². The van der Waals surface area contributed by atoms with Crippen LogP contribution in [0.2, 0.25) is 5.02 Å². The highest BCUT2D eigenvalue weighted by atomic mass is 35.5. The van der Waals surface area contributed by atoms with Gasteiger partial charge >= 0.3 is 0 Å². The van der Waals surface area contributed by atoms with Gasteiger partial charge in [0.2, 0.25) is 5.91 Å². The number of hydrogen-bond acceptors (Lipinski definition) is 5. The third-order valence-corrected chi connectivity index (χ3v) is 6.42. The minimum atomic E-state index is -0.0650. The highest BCUT2D eigenvalue weighted by Gasteiger charge is 2.23. The minimum absolute atomic E-state index is 0.0650. The Balaban J connectivity index is 1.69. The van der Waals surface area contributed by atoms with Gasteiger partial charge in [0.15, 0.2) is 5.13 Å². The number of carbonyl (C=O) groups is 1. The summed E-state index contributed by atoms with van der Waals surface area (Å²) in [6, 6.07) is 15.3. The maximum atomic E-state index is 13.3. The summed E-state index contributed by atoms with van der Waals surface area (Å²) in [6.45, 7) is 2.40. The second kappa shape index (κ2) is 8.90. The number of benzene rings is 2. The fourth-order valence-corrected chi connectivity index (χ4v) is 4.48. The lowest BCUT2D eigenvalue weighted by Gasteiger charge is -2.19. The van der Waals surface area contributed by atoms with Crippen molar-refractivity contribution >= 4 is 44.2 Å². The fraction of sp³-hybridized carbons (Fsp3) is 0.217. The van der Waals surface area contributed by atoms with Gasteiger partial charge in [-0.2, -0.15) is 0 Å². The molecule has 7 heteroatoms. The molecule has 5 nitrogen and oxygen atoms in total. The van der Waals surface area contributed by atoms with Crippen molar-refractivity contribution in [3.8, 4) is 5.75 Å². The zero-order valence-corrected chi connectivity index (χ0v) is 18.3. The molecular formula is C23H21ClN2O3S. The molecule has 4 aromatic rings. The van der Waals surface area contributed by atoms with Gasteiger partial charge in [-0.25, -0.2) is 4.98 Å². The molecule has 0 spiro atoms. The number of amides is 1. The van der Waals surface area contributed by atoms with Crippen molar-refractivity contribution in [3.63, 3.8) is 0 Å². The summed E-state index contributed by atoms with van der Waals surface area (Å²) in [5, 5.41) is 1.14. The molecule has 30 heavy (non-hydrogen) atoms. The zero-order valence-electron chi connectivity index (χ0n) is 16.7. The molecule has 2 aromatic carbocycles. The maximum Gasteiger partial charge on any atom is 0.233 e. The van der Waals surface area contributed by atoms with E-state index in [1.807, 2.05) is 18.2 Å². The van der Waals surface area contributed by atoms with E-state index in [1.165, 1.54) is 16.9 Å². The molecule has 0 aliphatic rings. The molecular weight excluding hydrogens is 420 g/mol. The van der Waals surface area contributed by atoms with E-state index in [9.17, 15) is 4.79 Å². The maximum absolute atomic E-state index is 13.3. The van der Waals surface area contributed by atoms with Crippen LogP contribution < -0.4 is 9.64 Å². The zero-order chi connectivity index (χ0) is 21.1. The van der Waals surface area contributed by atoms with Gasteiger partial charge in [-0.15, -0.1) is 0 Å². The molecule has 0 aliphatic heterocycles. The summed E-state index contributed by atoms with van der Waals surface area (Å²) in [5.41, 5.74) is 2.85. The van der Waals surface area contributed by atoms with E-state index in [-0.39, 0.29) is 12.3 Å². The Bertz CT molecular complexity index is 1150. The number of thiazole rings is 1. The quantitative estimate of drug-likeness (QED) is 0.359. The van der Waals surface area contributed by atoms with Gasteiger partial charge in [0, 0.05) is 0 Å². The molecule has 0 fully saturated rings. The Morgan fingerprint density at radius 2 is 1.93 bits per heavy atom. The van der Waals surface area contributed by atoms with Crippen molar-refractivity contribution in [2.24, 2.45) is 0 Å². The van der Waals surface area contributed by atoms with E-state index in [2.05, 4.69) is 24.0 Å². The summed E-state index contributed by atoms with van der Waals surface area (Å²) in [6.07, 6.45) is 2.83. The minimum Gasteiger partial charge on any atom is -0.494 e. The van der Waals surface area contributed by atoms with E-state index in [4.69, 9.17) is 20.8 Å². The molecule has 4 rings (SSSR count). The number of nitrogens with zero attached hydrogens (tertiary/aromatic N) is 2. The first-order valence-electron chi connectivity index (χ1n) is 9.62. The number of hydrogen-bond donors (Lipinski definition) is 0. The van der Waals surface area contributed by atoms with Crippen molar-refractivity contribution in [2.45, 2.75) is 26.3 Å². The van der Waals surface area contributed by atoms with Gasteiger partial charge in [-0.05, 0) is 41.8 Å². The van der Waals surface area contributed by atoms with Gasteiger partial charge in [0.25, 0.3) is 0 Å². The molecule has 0 bridgehead atoms. The topological polar surface area (TPSA) is 55.6 Å². The van der Waals surface area contributed by atoms with Crippen molar-refractivity contribution in [1.82, 2.24) is 4.98 Å². The molecule has 0 saturated carbocycles. The predicted octanol–water partition coefficient (Wildman–Crippen LogP) is 5.89. The second-order valence-corrected chi connectivity index (χ2v) is 8.21. The van der Waals surface area contributed by atoms with E-state index in [0.29, 0.717) is 33.7 Å². The van der Waals surface area contributed by atoms with Gasteiger partial charge < -0.3 is 9.15 Å². The fourth-order valence-electron chi connectivity index (χ4n) is 3.21. The summed E-state index contributed by atoms with van der Waals surface area (Å²) in [7, 11) is 1.59. The Hall–Kier alpha value is -2.83. The molecule has 0 N–H and O–H groups in total. The molecule has 1 amide bonds. The summed E-state index contributed by atoms with van der Waals surface area (Å²) < 4.78 is 11.7. The van der Waals surface area contributed by atoms with Crippen LogP contribution in [0, 0.1) is 0 Å². The van der Waals surface area contributed by atoms with E-state index >= 15 is 0 Å². The van der Waals surface area contributed by atoms with Crippen molar-refractivity contribution in [2.75, 3.05) is 12.0 Å². The molecule has 0 atom stereocenters. The second-order valence-electron chi connectivity index (χ2n) is 6.83. The largest absolute Gasteiger partial charge is 0.494 e. The monoisotopic (exact) mass is 440 g/mol. The molecule has 2 heterocycles. The summed E-state index contributed by atoms with van der Waals surface area (Å²) in [4.78, 5) is 19.6. The molecule has 2 aromatic heterocycles. The Morgan fingerprint density at radius 3 is 2.60 bits per heavy atom. The molecule has 0 unspecified atom stereocenters. The van der Waals surface area contributed by atoms with Crippen molar-refractivity contribution < 1.29 is 13.9 Å². The predicted molar refractivity (Wildman–Crippen MR) is 121 cm³/mol. The van der Waals surface area contributed by atoms with Crippen LogP contribution in [0.4, 0.5) is 5.13 Å². The average Bonchev–Trinajstić information content (AvgIpc) is 3.43. The Labute approximate surface area is 183 Å². The lowest BCUT2D eigenvalue weighted by molar-refractivity contribution is -0.118. The van der Waals surface area contributed by atoms with Crippen LogP contribution in [-0.2, 0) is 24.2 Å². The molecule has 154 valence electrons. The van der Waals surface area contributed by atoms with Crippen LogP contribution in [0.1, 0.15) is 23.8 Å². The number of anilines is 1. The SMILES string of the molecule is CCc1ccc(CC(=O)N(Cc2ccco2)c2nc3c(OC)ccc(Cl)c3s2)cc1. The van der Waals surface area contributed by atoms with Gasteiger partial charge in [-0.3, -0.25) is 9.69 Å². The standard InChI is InChI=1S/C23H21ClN2O3S/c1-3-15-6-8-16(9-7-15)13-20(27)26(14-17-5-4-12-29-17)23-25-21-19(28-2)11-10-18(24)22(21)30-23/h4-12H,3,13-14H2,1-2H3. The number of furan rings is 1. The van der Waals surface area contributed by atoms with Crippen LogP contribution in [0.5, 0.6) is 5.75 Å². The number of aromatic nitrogens is 1. The lowest BCUT2D eigenvalue weighted by atomic mass is 10.1. The van der Waals surface area contributed by atoms with Crippen molar-refractivity contribution in [1.29, 1.82) is 0 Å². The third-order valence-electron chi connectivity index (χ3n) is 4.88. The smallest absolute Gasteiger partial charge is 0.233 e. The molecule has 0 radical (unpaired) electrons. The van der Waals surface area contributed by atoms with Gasteiger partial charge in [0.1, 0.15) is 17.0 Å². The van der Waals surface area contributed by atoms with Crippen LogP contribution in [0.3, 0.4) is 0 Å². The highest BCUT2D eigenvalue weighted by molar-refractivity contribution is 7.23. The normalized spacial score (nSPS) is 11.0. The van der Waals surface area contributed by atoms with E-state index in [0.717, 1.165) is 16.7 Å². The number of fused-ring (bicyclic) bond motifs is 1. The first-order valence-corrected chi connectivity index (χ1v) is 10.8. The van der Waals surface area contributed by atoms with Crippen molar-refractivity contribution in [3.05, 3.63) is 76.7 Å². The average molecular weight is 441 g/mol. The number of halogens is 1. The molecule has 0 saturated heterocycles. The Morgan fingerprint density at radius 1 is 1.17 bits per heavy atom. The third kappa shape index (κ3) is 4.20. The van der Waals surface area contributed by atoms with Crippen LogP contribution in [-0.4, -0.2) is 18.0 Å². The summed E-state index contributed by atoms with van der Waals surface area (Å²) >= 11 is 7.75. The van der Waals surface area contributed by atoms with Crippen LogP contribution in [0.15, 0.2) is 59.2 Å².